The summed E-state index contributed by atoms with van der Waals surface area (Å²) in [6.45, 7) is 5.04. The molecule has 1 saturated heterocycles. The minimum Gasteiger partial charge on any atom is -0.374 e. The zero-order valence-corrected chi connectivity index (χ0v) is 16.8. The molecule has 152 valence electrons. The Labute approximate surface area is 171 Å². The highest BCUT2D eigenvalue weighted by Gasteiger charge is 2.29. The van der Waals surface area contributed by atoms with Crippen molar-refractivity contribution in [3.8, 4) is 0 Å². The first-order valence-corrected chi connectivity index (χ1v) is 10.4. The fourth-order valence-corrected chi connectivity index (χ4v) is 3.65. The Morgan fingerprint density at radius 3 is 2.14 bits per heavy atom. The van der Waals surface area contributed by atoms with Gasteiger partial charge in [-0.15, -0.1) is 0 Å². The molecular weight excluding hydrogens is 364 g/mol. The van der Waals surface area contributed by atoms with Crippen LogP contribution in [0.3, 0.4) is 0 Å². The molecule has 1 atom stereocenters. The second kappa shape index (κ2) is 8.55. The van der Waals surface area contributed by atoms with Gasteiger partial charge in [0.05, 0.1) is 0 Å². The van der Waals surface area contributed by atoms with E-state index in [9.17, 15) is 9.59 Å². The molecule has 0 aromatic heterocycles. The molecule has 2 amide bonds. The summed E-state index contributed by atoms with van der Waals surface area (Å²) >= 11 is 0. The number of carbonyl (C=O) groups is 2. The normalized spacial score (nSPS) is 17.6. The molecule has 29 heavy (non-hydrogen) atoms. The van der Waals surface area contributed by atoms with Crippen molar-refractivity contribution in [2.75, 3.05) is 41.7 Å². The Bertz CT molecular complexity index is 841. The van der Waals surface area contributed by atoms with E-state index < -0.39 is 0 Å². The van der Waals surface area contributed by atoms with Crippen LogP contribution in [0.5, 0.6) is 0 Å². The number of nitrogens with zero attached hydrogens (tertiary/aromatic N) is 2. The standard InChI is InChI=1S/C23H28N4O2/c1-17(24-19-9-11-20(12-10-19)25-22(28)18-7-8-18)23(29)27-15-13-26(14-16-27)21-5-3-2-4-6-21/h2-6,9-12,17-18,24H,7-8,13-16H2,1H3,(H,25,28). The molecule has 1 aliphatic heterocycles. The highest BCUT2D eigenvalue weighted by atomic mass is 16.2. The van der Waals surface area contributed by atoms with Crippen LogP contribution in [0.4, 0.5) is 17.1 Å². The van der Waals surface area contributed by atoms with Crippen LogP contribution in [-0.2, 0) is 9.59 Å². The molecule has 2 aromatic carbocycles. The molecule has 6 nitrogen and oxygen atoms in total. The molecule has 2 aliphatic rings. The summed E-state index contributed by atoms with van der Waals surface area (Å²) in [5.41, 5.74) is 2.88. The number of hydrogen-bond acceptors (Lipinski definition) is 4. The molecule has 2 aromatic rings. The van der Waals surface area contributed by atoms with Gasteiger partial charge in [0.2, 0.25) is 11.8 Å². The zero-order chi connectivity index (χ0) is 20.2. The zero-order valence-electron chi connectivity index (χ0n) is 16.8. The van der Waals surface area contributed by atoms with Crippen molar-refractivity contribution in [3.05, 3.63) is 54.6 Å². The van der Waals surface area contributed by atoms with Gasteiger partial charge >= 0.3 is 0 Å². The minimum absolute atomic E-state index is 0.101. The summed E-state index contributed by atoms with van der Waals surface area (Å²) in [7, 11) is 0. The topological polar surface area (TPSA) is 64.7 Å². The van der Waals surface area contributed by atoms with E-state index in [1.165, 1.54) is 5.69 Å². The van der Waals surface area contributed by atoms with Gasteiger partial charge in [0.15, 0.2) is 0 Å². The molecule has 2 fully saturated rings. The van der Waals surface area contributed by atoms with Gasteiger partial charge in [-0.3, -0.25) is 9.59 Å². The van der Waals surface area contributed by atoms with E-state index in [0.717, 1.165) is 50.4 Å². The minimum atomic E-state index is -0.301. The number of para-hydroxylation sites is 1. The molecular formula is C23H28N4O2. The molecule has 0 bridgehead atoms. The average molecular weight is 393 g/mol. The Morgan fingerprint density at radius 1 is 0.897 bits per heavy atom. The fraction of sp³-hybridized carbons (Fsp3) is 0.391. The van der Waals surface area contributed by atoms with Crippen LogP contribution < -0.4 is 15.5 Å². The van der Waals surface area contributed by atoms with E-state index in [-0.39, 0.29) is 23.8 Å². The Hall–Kier alpha value is -3.02. The van der Waals surface area contributed by atoms with Gasteiger partial charge < -0.3 is 20.4 Å². The quantitative estimate of drug-likeness (QED) is 0.793. The predicted octanol–water partition coefficient (Wildman–Crippen LogP) is 3.18. The van der Waals surface area contributed by atoms with Crippen LogP contribution in [0.2, 0.25) is 0 Å². The lowest BCUT2D eigenvalue weighted by Crippen LogP contribution is -2.52. The van der Waals surface area contributed by atoms with E-state index in [0.29, 0.717) is 0 Å². The number of rotatable bonds is 6. The summed E-state index contributed by atoms with van der Waals surface area (Å²) in [5.74, 6) is 0.403. The van der Waals surface area contributed by atoms with Crippen molar-refractivity contribution in [1.82, 2.24) is 4.90 Å². The van der Waals surface area contributed by atoms with Crippen molar-refractivity contribution >= 4 is 28.9 Å². The smallest absolute Gasteiger partial charge is 0.244 e. The highest BCUT2D eigenvalue weighted by Crippen LogP contribution is 2.30. The maximum absolute atomic E-state index is 12.8. The van der Waals surface area contributed by atoms with Gasteiger partial charge in [0.25, 0.3) is 0 Å². The average Bonchev–Trinajstić information content (AvgIpc) is 3.61. The maximum Gasteiger partial charge on any atom is 0.244 e. The maximum atomic E-state index is 12.8. The molecule has 6 heteroatoms. The van der Waals surface area contributed by atoms with Crippen LogP contribution >= 0.6 is 0 Å². The number of hydrogen-bond donors (Lipinski definition) is 2. The number of nitrogens with one attached hydrogen (secondary N) is 2. The van der Waals surface area contributed by atoms with Crippen molar-refractivity contribution in [3.63, 3.8) is 0 Å². The fourth-order valence-electron chi connectivity index (χ4n) is 3.65. The molecule has 1 aliphatic carbocycles. The van der Waals surface area contributed by atoms with E-state index in [4.69, 9.17) is 0 Å². The first kappa shape index (κ1) is 19.3. The molecule has 0 radical (unpaired) electrons. The Morgan fingerprint density at radius 2 is 1.52 bits per heavy atom. The van der Waals surface area contributed by atoms with Gasteiger partial charge in [-0.2, -0.15) is 0 Å². The van der Waals surface area contributed by atoms with Gasteiger partial charge in [0.1, 0.15) is 6.04 Å². The Balaban J connectivity index is 1.26. The van der Waals surface area contributed by atoms with E-state index in [1.54, 1.807) is 0 Å². The summed E-state index contributed by atoms with van der Waals surface area (Å²) in [4.78, 5) is 28.9. The third-order valence-electron chi connectivity index (χ3n) is 5.57. The molecule has 4 rings (SSSR count). The second-order valence-electron chi connectivity index (χ2n) is 7.85. The third kappa shape index (κ3) is 4.88. The number of piperazine rings is 1. The van der Waals surface area contributed by atoms with Crippen molar-refractivity contribution in [2.24, 2.45) is 5.92 Å². The highest BCUT2D eigenvalue weighted by molar-refractivity contribution is 5.94. The summed E-state index contributed by atoms with van der Waals surface area (Å²) in [6, 6.07) is 17.6. The van der Waals surface area contributed by atoms with Gasteiger partial charge in [0, 0.05) is 49.2 Å². The number of benzene rings is 2. The molecule has 1 unspecified atom stereocenters. The SMILES string of the molecule is CC(Nc1ccc(NC(=O)C2CC2)cc1)C(=O)N1CCN(c2ccccc2)CC1. The largest absolute Gasteiger partial charge is 0.374 e. The number of carbonyl (C=O) groups excluding carboxylic acids is 2. The first-order valence-electron chi connectivity index (χ1n) is 10.4. The molecule has 0 spiro atoms. The van der Waals surface area contributed by atoms with Crippen LogP contribution in [0, 0.1) is 5.92 Å². The summed E-state index contributed by atoms with van der Waals surface area (Å²) in [6.07, 6.45) is 1.98. The van der Waals surface area contributed by atoms with Gasteiger partial charge in [-0.25, -0.2) is 0 Å². The monoisotopic (exact) mass is 392 g/mol. The lowest BCUT2D eigenvalue weighted by molar-refractivity contribution is -0.132. The summed E-state index contributed by atoms with van der Waals surface area (Å²) in [5, 5.41) is 6.21. The van der Waals surface area contributed by atoms with E-state index >= 15 is 0 Å². The second-order valence-corrected chi connectivity index (χ2v) is 7.85. The van der Waals surface area contributed by atoms with Crippen LogP contribution in [-0.4, -0.2) is 48.9 Å². The molecule has 1 heterocycles. The van der Waals surface area contributed by atoms with E-state index in [2.05, 4.69) is 27.7 Å². The van der Waals surface area contributed by atoms with Crippen LogP contribution in [0.25, 0.3) is 0 Å². The van der Waals surface area contributed by atoms with Crippen LogP contribution in [0.15, 0.2) is 54.6 Å². The number of amides is 2. The Kier molecular flexibility index (Phi) is 5.69. The van der Waals surface area contributed by atoms with E-state index in [1.807, 2.05) is 54.3 Å². The lowest BCUT2D eigenvalue weighted by Gasteiger charge is -2.37. The third-order valence-corrected chi connectivity index (χ3v) is 5.57. The van der Waals surface area contributed by atoms with Gasteiger partial charge in [-0.05, 0) is 56.2 Å². The van der Waals surface area contributed by atoms with Crippen molar-refractivity contribution in [2.45, 2.75) is 25.8 Å². The predicted molar refractivity (Wildman–Crippen MR) is 116 cm³/mol. The number of anilines is 3. The first-order chi connectivity index (χ1) is 14.1. The lowest BCUT2D eigenvalue weighted by atomic mass is 10.2. The van der Waals surface area contributed by atoms with Crippen LogP contribution in [0.1, 0.15) is 19.8 Å². The molecule has 1 saturated carbocycles. The summed E-state index contributed by atoms with van der Waals surface area (Å²) < 4.78 is 0. The van der Waals surface area contributed by atoms with Crippen molar-refractivity contribution < 1.29 is 9.59 Å². The van der Waals surface area contributed by atoms with Crippen molar-refractivity contribution in [1.29, 1.82) is 0 Å². The van der Waals surface area contributed by atoms with Gasteiger partial charge in [-0.1, -0.05) is 18.2 Å². The molecule has 2 N–H and O–H groups in total.